The van der Waals surface area contributed by atoms with Crippen molar-refractivity contribution >= 4 is 16.9 Å². The molecule has 2 rings (SSSR count). The second kappa shape index (κ2) is 3.88. The van der Waals surface area contributed by atoms with Crippen LogP contribution in [0.25, 0.3) is 0 Å². The molecule has 3 nitrogen and oxygen atoms in total. The van der Waals surface area contributed by atoms with Gasteiger partial charge in [-0.05, 0) is 19.8 Å². The van der Waals surface area contributed by atoms with Crippen molar-refractivity contribution < 1.29 is 4.74 Å². The van der Waals surface area contributed by atoms with Crippen molar-refractivity contribution in [3.8, 4) is 0 Å². The van der Waals surface area contributed by atoms with E-state index in [-0.39, 0.29) is 0 Å². The standard InChI is InChI=1S/C9H16N2OS/c1-6-5-13-9(10-6)11-7-3-8(4-7)12-2/h6-8H,3-5H2,1-2H3,(H,10,11). The summed E-state index contributed by atoms with van der Waals surface area (Å²) in [5.41, 5.74) is 0. The van der Waals surface area contributed by atoms with E-state index in [1.807, 2.05) is 11.8 Å². The lowest BCUT2D eigenvalue weighted by Gasteiger charge is -2.31. The number of nitrogens with one attached hydrogen (secondary N) is 1. The second-order valence-corrected chi connectivity index (χ2v) is 4.78. The predicted octanol–water partition coefficient (Wildman–Crippen LogP) is 1.24. The molecule has 2 aliphatic rings. The van der Waals surface area contributed by atoms with Gasteiger partial charge in [0.15, 0.2) is 5.17 Å². The van der Waals surface area contributed by atoms with Gasteiger partial charge in [-0.3, -0.25) is 4.99 Å². The molecule has 13 heavy (non-hydrogen) atoms. The Kier molecular flexibility index (Phi) is 2.79. The zero-order valence-electron chi connectivity index (χ0n) is 8.12. The van der Waals surface area contributed by atoms with E-state index in [9.17, 15) is 0 Å². The van der Waals surface area contributed by atoms with Gasteiger partial charge in [0, 0.05) is 18.9 Å². The molecular formula is C9H16N2OS. The van der Waals surface area contributed by atoms with Crippen molar-refractivity contribution in [3.63, 3.8) is 0 Å². The van der Waals surface area contributed by atoms with E-state index in [0.29, 0.717) is 18.2 Å². The third-order valence-electron chi connectivity index (χ3n) is 2.54. The van der Waals surface area contributed by atoms with Crippen LogP contribution in [0.3, 0.4) is 0 Å². The molecule has 4 heteroatoms. The molecule has 1 N–H and O–H groups in total. The van der Waals surface area contributed by atoms with E-state index in [4.69, 9.17) is 4.74 Å². The summed E-state index contributed by atoms with van der Waals surface area (Å²) in [5, 5.41) is 4.49. The first-order valence-electron chi connectivity index (χ1n) is 4.78. The monoisotopic (exact) mass is 200 g/mol. The molecule has 0 spiro atoms. The van der Waals surface area contributed by atoms with Crippen molar-refractivity contribution in [1.82, 2.24) is 5.32 Å². The molecule has 2 fully saturated rings. The van der Waals surface area contributed by atoms with Crippen LogP contribution in [0.1, 0.15) is 19.8 Å². The molecule has 0 aromatic heterocycles. The molecule has 0 aromatic carbocycles. The van der Waals surface area contributed by atoms with Gasteiger partial charge in [0.25, 0.3) is 0 Å². The van der Waals surface area contributed by atoms with Gasteiger partial charge >= 0.3 is 0 Å². The highest BCUT2D eigenvalue weighted by atomic mass is 32.2. The van der Waals surface area contributed by atoms with Crippen LogP contribution in [0.5, 0.6) is 0 Å². The molecule has 1 unspecified atom stereocenters. The van der Waals surface area contributed by atoms with E-state index in [1.54, 1.807) is 7.11 Å². The highest BCUT2D eigenvalue weighted by molar-refractivity contribution is 8.14. The highest BCUT2D eigenvalue weighted by Gasteiger charge is 2.29. The van der Waals surface area contributed by atoms with Crippen LogP contribution in [-0.2, 0) is 4.74 Å². The lowest BCUT2D eigenvalue weighted by molar-refractivity contribution is 0.0285. The van der Waals surface area contributed by atoms with E-state index in [1.165, 1.54) is 0 Å². The first-order chi connectivity index (χ1) is 6.28. The van der Waals surface area contributed by atoms with Crippen molar-refractivity contribution in [3.05, 3.63) is 0 Å². The lowest BCUT2D eigenvalue weighted by atomic mass is 9.90. The number of methoxy groups -OCH3 is 1. The van der Waals surface area contributed by atoms with E-state index >= 15 is 0 Å². The van der Waals surface area contributed by atoms with Gasteiger partial charge in [-0.1, -0.05) is 11.8 Å². The maximum absolute atomic E-state index is 5.21. The van der Waals surface area contributed by atoms with Gasteiger partial charge < -0.3 is 10.1 Å². The summed E-state index contributed by atoms with van der Waals surface area (Å²) in [6.45, 7) is 2.19. The van der Waals surface area contributed by atoms with Crippen LogP contribution in [-0.4, -0.2) is 36.2 Å². The zero-order valence-corrected chi connectivity index (χ0v) is 8.93. The van der Waals surface area contributed by atoms with Crippen LogP contribution in [0.4, 0.5) is 0 Å². The summed E-state index contributed by atoms with van der Waals surface area (Å²) in [6.07, 6.45) is 2.64. The minimum atomic E-state index is 0.457. The van der Waals surface area contributed by atoms with Crippen molar-refractivity contribution in [2.45, 2.75) is 38.0 Å². The first kappa shape index (κ1) is 9.34. The van der Waals surface area contributed by atoms with E-state index < -0.39 is 0 Å². The lowest BCUT2D eigenvalue weighted by Crippen LogP contribution is -2.35. The zero-order chi connectivity index (χ0) is 9.26. The van der Waals surface area contributed by atoms with Gasteiger partial charge in [0.05, 0.1) is 12.1 Å². The quantitative estimate of drug-likeness (QED) is 0.728. The number of hydrogen-bond donors (Lipinski definition) is 1. The normalized spacial score (nSPS) is 41.7. The Hall–Kier alpha value is -0.220. The molecule has 0 radical (unpaired) electrons. The van der Waals surface area contributed by atoms with Gasteiger partial charge in [-0.2, -0.15) is 0 Å². The summed E-state index contributed by atoms with van der Waals surface area (Å²) in [5.74, 6) is 1.15. The molecule has 1 saturated carbocycles. The van der Waals surface area contributed by atoms with Gasteiger partial charge in [-0.15, -0.1) is 0 Å². The minimum Gasteiger partial charge on any atom is -0.381 e. The summed E-state index contributed by atoms with van der Waals surface area (Å²) < 4.78 is 5.21. The topological polar surface area (TPSA) is 33.6 Å². The molecule has 1 aliphatic heterocycles. The first-order valence-corrected chi connectivity index (χ1v) is 5.76. The summed E-state index contributed by atoms with van der Waals surface area (Å²) in [7, 11) is 1.78. The number of rotatable bonds is 2. The average molecular weight is 200 g/mol. The highest BCUT2D eigenvalue weighted by Crippen LogP contribution is 2.27. The maximum atomic E-state index is 5.21. The smallest absolute Gasteiger partial charge is 0.157 e. The van der Waals surface area contributed by atoms with Gasteiger partial charge in [0.1, 0.15) is 0 Å². The van der Waals surface area contributed by atoms with Gasteiger partial charge in [-0.25, -0.2) is 0 Å². The Balaban J connectivity index is 1.78. The summed E-state index contributed by atoms with van der Waals surface area (Å²) in [6, 6.07) is 1.09. The van der Waals surface area contributed by atoms with Crippen molar-refractivity contribution in [2.24, 2.45) is 4.99 Å². The fourth-order valence-corrected chi connectivity index (χ4v) is 2.57. The van der Waals surface area contributed by atoms with Crippen LogP contribution < -0.4 is 5.32 Å². The fourth-order valence-electron chi connectivity index (χ4n) is 1.57. The predicted molar refractivity (Wildman–Crippen MR) is 56.3 cm³/mol. The van der Waals surface area contributed by atoms with Crippen LogP contribution >= 0.6 is 11.8 Å². The SMILES string of the molecule is COC1CC(N=C2NC(C)CS2)C1. The summed E-state index contributed by atoms with van der Waals surface area (Å²) in [4.78, 5) is 4.62. The van der Waals surface area contributed by atoms with Crippen LogP contribution in [0.15, 0.2) is 4.99 Å². The Labute approximate surface area is 83.3 Å². The largest absolute Gasteiger partial charge is 0.381 e. The Bertz CT molecular complexity index is 214. The Morgan fingerprint density at radius 3 is 2.85 bits per heavy atom. The third-order valence-corrected chi connectivity index (χ3v) is 3.71. The number of aliphatic imine (C=N–C) groups is 1. The van der Waals surface area contributed by atoms with Crippen LogP contribution in [0.2, 0.25) is 0 Å². The Morgan fingerprint density at radius 2 is 2.31 bits per heavy atom. The van der Waals surface area contributed by atoms with E-state index in [0.717, 1.165) is 23.8 Å². The molecule has 1 heterocycles. The molecule has 1 saturated heterocycles. The fraction of sp³-hybridized carbons (Fsp3) is 0.889. The number of ether oxygens (including phenoxy) is 1. The number of nitrogens with zero attached hydrogens (tertiary/aromatic N) is 1. The number of hydrogen-bond acceptors (Lipinski definition) is 3. The van der Waals surface area contributed by atoms with Crippen LogP contribution in [0, 0.1) is 0 Å². The summed E-state index contributed by atoms with van der Waals surface area (Å²) >= 11 is 1.83. The van der Waals surface area contributed by atoms with Crippen molar-refractivity contribution in [1.29, 1.82) is 0 Å². The second-order valence-electron chi connectivity index (χ2n) is 3.77. The number of amidine groups is 1. The molecule has 1 aliphatic carbocycles. The number of thioether (sulfide) groups is 1. The molecule has 0 aromatic rings. The molecular weight excluding hydrogens is 184 g/mol. The minimum absolute atomic E-state index is 0.457. The average Bonchev–Trinajstić information content (AvgIpc) is 2.43. The van der Waals surface area contributed by atoms with Crippen molar-refractivity contribution in [2.75, 3.05) is 12.9 Å². The van der Waals surface area contributed by atoms with Gasteiger partial charge in [0.2, 0.25) is 0 Å². The molecule has 0 bridgehead atoms. The maximum Gasteiger partial charge on any atom is 0.157 e. The Morgan fingerprint density at radius 1 is 1.54 bits per heavy atom. The molecule has 74 valence electrons. The molecule has 0 amide bonds. The third kappa shape index (κ3) is 2.17. The molecule has 1 atom stereocenters. The van der Waals surface area contributed by atoms with E-state index in [2.05, 4.69) is 17.2 Å².